The monoisotopic (exact) mass is 281 g/mol. The number of nitrogens with zero attached hydrogens (tertiary/aromatic N) is 2. The summed E-state index contributed by atoms with van der Waals surface area (Å²) in [5.74, 6) is 0.773. The second-order valence-electron chi connectivity index (χ2n) is 4.02. The van der Waals surface area contributed by atoms with Crippen LogP contribution in [-0.4, -0.2) is 17.2 Å². The average molecular weight is 282 g/mol. The summed E-state index contributed by atoms with van der Waals surface area (Å²) < 4.78 is 0. The Labute approximate surface area is 116 Å². The zero-order valence-corrected chi connectivity index (χ0v) is 11.9. The van der Waals surface area contributed by atoms with Gasteiger partial charge in [0.25, 0.3) is 0 Å². The van der Waals surface area contributed by atoms with E-state index in [4.69, 9.17) is 23.2 Å². The molecular weight excluding hydrogens is 269 g/mol. The molecule has 0 unspecified atom stereocenters. The summed E-state index contributed by atoms with van der Waals surface area (Å²) in [5.41, 5.74) is 3.66. The second-order valence-corrected chi connectivity index (χ2v) is 4.87. The van der Waals surface area contributed by atoms with Crippen LogP contribution in [0.3, 0.4) is 0 Å². The fourth-order valence-corrected chi connectivity index (χ4v) is 2.16. The molecule has 18 heavy (non-hydrogen) atoms. The van der Waals surface area contributed by atoms with Gasteiger partial charge in [0.1, 0.15) is 0 Å². The van der Waals surface area contributed by atoms with Gasteiger partial charge >= 0.3 is 0 Å². The van der Waals surface area contributed by atoms with E-state index in [1.165, 1.54) is 0 Å². The zero-order chi connectivity index (χ0) is 13.3. The number of hydrogen-bond donors (Lipinski definition) is 1. The number of benzene rings is 1. The summed E-state index contributed by atoms with van der Waals surface area (Å²) >= 11 is 12.2. The summed E-state index contributed by atoms with van der Waals surface area (Å²) in [4.78, 5) is 0. The molecule has 0 fully saturated rings. The van der Waals surface area contributed by atoms with Crippen molar-refractivity contribution in [2.24, 2.45) is 0 Å². The Morgan fingerprint density at radius 1 is 1.06 bits per heavy atom. The normalized spacial score (nSPS) is 10.5. The van der Waals surface area contributed by atoms with E-state index in [0.29, 0.717) is 10.0 Å². The molecule has 0 spiro atoms. The Balaban J connectivity index is 2.65. The van der Waals surface area contributed by atoms with Crippen molar-refractivity contribution in [3.63, 3.8) is 0 Å². The Kier molecular flexibility index (Phi) is 3.73. The molecule has 0 aliphatic heterocycles. The molecule has 0 saturated carbocycles. The Morgan fingerprint density at radius 3 is 2.44 bits per heavy atom. The lowest BCUT2D eigenvalue weighted by Crippen LogP contribution is -2.02. The van der Waals surface area contributed by atoms with Crippen molar-refractivity contribution in [2.75, 3.05) is 12.4 Å². The molecule has 0 aliphatic rings. The van der Waals surface area contributed by atoms with E-state index in [-0.39, 0.29) is 0 Å². The Hall–Kier alpha value is -1.32. The third-order valence-corrected chi connectivity index (χ3v) is 3.51. The number of halogens is 2. The van der Waals surface area contributed by atoms with Crippen molar-refractivity contribution < 1.29 is 0 Å². The van der Waals surface area contributed by atoms with E-state index in [0.717, 1.165) is 28.2 Å². The fraction of sp³-hybridized carbons (Fsp3) is 0.231. The lowest BCUT2D eigenvalue weighted by Gasteiger charge is -2.12. The van der Waals surface area contributed by atoms with Crippen molar-refractivity contribution in [1.82, 2.24) is 10.2 Å². The first kappa shape index (κ1) is 13.1. The van der Waals surface area contributed by atoms with Gasteiger partial charge in [-0.25, -0.2) is 0 Å². The Bertz CT molecular complexity index is 597. The molecule has 5 heteroatoms. The highest BCUT2D eigenvalue weighted by Gasteiger charge is 2.13. The van der Waals surface area contributed by atoms with Crippen LogP contribution in [0.5, 0.6) is 0 Å². The van der Waals surface area contributed by atoms with Crippen molar-refractivity contribution >= 4 is 29.0 Å². The first-order valence-electron chi connectivity index (χ1n) is 5.51. The van der Waals surface area contributed by atoms with Crippen LogP contribution >= 0.6 is 23.2 Å². The predicted molar refractivity (Wildman–Crippen MR) is 76.5 cm³/mol. The van der Waals surface area contributed by atoms with Crippen LogP contribution in [-0.2, 0) is 0 Å². The third kappa shape index (κ3) is 2.28. The van der Waals surface area contributed by atoms with Crippen molar-refractivity contribution in [3.8, 4) is 11.3 Å². The molecule has 0 aliphatic carbocycles. The number of hydrogen-bond acceptors (Lipinski definition) is 3. The van der Waals surface area contributed by atoms with Crippen molar-refractivity contribution in [2.45, 2.75) is 13.8 Å². The van der Waals surface area contributed by atoms with Crippen molar-refractivity contribution in [1.29, 1.82) is 0 Å². The molecule has 1 N–H and O–H groups in total. The van der Waals surface area contributed by atoms with E-state index >= 15 is 0 Å². The van der Waals surface area contributed by atoms with Crippen LogP contribution in [0, 0.1) is 13.8 Å². The van der Waals surface area contributed by atoms with Gasteiger partial charge in [-0.3, -0.25) is 0 Å². The predicted octanol–water partition coefficient (Wildman–Crippen LogP) is 4.11. The maximum absolute atomic E-state index is 6.19. The third-order valence-electron chi connectivity index (χ3n) is 2.94. The highest BCUT2D eigenvalue weighted by Crippen LogP contribution is 2.32. The second kappa shape index (κ2) is 5.12. The summed E-state index contributed by atoms with van der Waals surface area (Å²) in [6.07, 6.45) is 0. The molecule has 1 aromatic carbocycles. The largest absolute Gasteiger partial charge is 0.371 e. The number of anilines is 1. The van der Waals surface area contributed by atoms with Gasteiger partial charge in [0.15, 0.2) is 5.82 Å². The van der Waals surface area contributed by atoms with Gasteiger partial charge in [-0.1, -0.05) is 23.2 Å². The number of nitrogens with one attached hydrogen (secondary N) is 1. The van der Waals surface area contributed by atoms with Gasteiger partial charge in [-0.05, 0) is 43.2 Å². The van der Waals surface area contributed by atoms with Gasteiger partial charge in [0, 0.05) is 17.6 Å². The molecule has 0 saturated heterocycles. The van der Waals surface area contributed by atoms with E-state index in [1.807, 2.05) is 20.9 Å². The summed E-state index contributed by atoms with van der Waals surface area (Å²) in [7, 11) is 1.82. The van der Waals surface area contributed by atoms with E-state index in [2.05, 4.69) is 15.5 Å². The molecule has 0 radical (unpaired) electrons. The van der Waals surface area contributed by atoms with Crippen LogP contribution in [0.25, 0.3) is 11.3 Å². The smallest absolute Gasteiger partial charge is 0.151 e. The molecule has 2 aromatic rings. The molecule has 1 aromatic heterocycles. The summed E-state index contributed by atoms with van der Waals surface area (Å²) in [6, 6.07) is 5.33. The number of rotatable bonds is 2. The Morgan fingerprint density at radius 2 is 1.78 bits per heavy atom. The minimum atomic E-state index is 0.619. The molecule has 0 atom stereocenters. The van der Waals surface area contributed by atoms with E-state index in [1.54, 1.807) is 18.2 Å². The van der Waals surface area contributed by atoms with E-state index < -0.39 is 0 Å². The van der Waals surface area contributed by atoms with Gasteiger partial charge < -0.3 is 5.32 Å². The summed E-state index contributed by atoms with van der Waals surface area (Å²) in [6.45, 7) is 4.00. The first-order valence-corrected chi connectivity index (χ1v) is 6.27. The topological polar surface area (TPSA) is 37.8 Å². The lowest BCUT2D eigenvalue weighted by atomic mass is 10.0. The minimum absolute atomic E-state index is 0.619. The molecule has 3 nitrogen and oxygen atoms in total. The van der Waals surface area contributed by atoms with E-state index in [9.17, 15) is 0 Å². The van der Waals surface area contributed by atoms with Gasteiger partial charge in [-0.15, -0.1) is 10.2 Å². The first-order chi connectivity index (χ1) is 8.54. The fourth-order valence-electron chi connectivity index (χ4n) is 1.78. The maximum atomic E-state index is 6.19. The lowest BCUT2D eigenvalue weighted by molar-refractivity contribution is 1.00. The molecule has 2 rings (SSSR count). The molecule has 0 amide bonds. The molecule has 0 bridgehead atoms. The van der Waals surface area contributed by atoms with Crippen molar-refractivity contribution in [3.05, 3.63) is 39.4 Å². The highest BCUT2D eigenvalue weighted by molar-refractivity contribution is 6.35. The highest BCUT2D eigenvalue weighted by atomic mass is 35.5. The molecule has 1 heterocycles. The maximum Gasteiger partial charge on any atom is 0.151 e. The van der Waals surface area contributed by atoms with Crippen LogP contribution in [0.4, 0.5) is 5.82 Å². The quantitative estimate of drug-likeness (QED) is 0.900. The van der Waals surface area contributed by atoms with Gasteiger partial charge in [-0.2, -0.15) is 0 Å². The summed E-state index contributed by atoms with van der Waals surface area (Å²) in [5, 5.41) is 12.6. The SMILES string of the molecule is CNc1nnc(-c2cc(Cl)ccc2Cl)c(C)c1C. The number of aromatic nitrogens is 2. The van der Waals surface area contributed by atoms with Crippen LogP contribution in [0.2, 0.25) is 10.0 Å². The minimum Gasteiger partial charge on any atom is -0.371 e. The standard InChI is InChI=1S/C13H13Cl2N3/c1-7-8(2)13(16-3)18-17-12(7)10-6-9(14)4-5-11(10)15/h4-6H,1-3H3,(H,16,18). The average Bonchev–Trinajstić information content (AvgIpc) is 2.36. The van der Waals surface area contributed by atoms with Gasteiger partial charge in [0.05, 0.1) is 10.7 Å². The molecular formula is C13H13Cl2N3. The van der Waals surface area contributed by atoms with Gasteiger partial charge in [0.2, 0.25) is 0 Å². The zero-order valence-electron chi connectivity index (χ0n) is 10.4. The van der Waals surface area contributed by atoms with Crippen LogP contribution < -0.4 is 5.32 Å². The van der Waals surface area contributed by atoms with Crippen LogP contribution in [0.15, 0.2) is 18.2 Å². The van der Waals surface area contributed by atoms with Crippen LogP contribution in [0.1, 0.15) is 11.1 Å². The molecule has 94 valence electrons.